The van der Waals surface area contributed by atoms with Crippen LogP contribution in [0.5, 0.6) is 0 Å². The molecular formula is C24H27ClN4O4S. The zero-order chi connectivity index (χ0) is 23.9. The van der Waals surface area contributed by atoms with Crippen molar-refractivity contribution in [2.75, 3.05) is 44.7 Å². The molecule has 2 fully saturated rings. The third-order valence-electron chi connectivity index (χ3n) is 7.06. The molecule has 0 radical (unpaired) electrons. The summed E-state index contributed by atoms with van der Waals surface area (Å²) >= 11 is 7.73. The smallest absolute Gasteiger partial charge is 0.409 e. The van der Waals surface area contributed by atoms with Crippen LogP contribution in [0.15, 0.2) is 23.6 Å². The number of fused-ring (bicyclic) bond motifs is 2. The van der Waals surface area contributed by atoms with Crippen LogP contribution in [0.1, 0.15) is 35.5 Å². The fraction of sp³-hybridized carbons (Fsp3) is 0.500. The maximum absolute atomic E-state index is 13.4. The minimum atomic E-state index is -0.361. The normalized spacial score (nSPS) is 21.4. The summed E-state index contributed by atoms with van der Waals surface area (Å²) in [6.45, 7) is 3.18. The molecule has 180 valence electrons. The van der Waals surface area contributed by atoms with E-state index in [-0.39, 0.29) is 36.2 Å². The first-order valence-corrected chi connectivity index (χ1v) is 12.8. The predicted molar refractivity (Wildman–Crippen MR) is 129 cm³/mol. The highest BCUT2D eigenvalue weighted by Gasteiger charge is 2.50. The lowest BCUT2D eigenvalue weighted by Crippen LogP contribution is -2.40. The van der Waals surface area contributed by atoms with Gasteiger partial charge in [-0.25, -0.2) is 9.78 Å². The number of carbonyl (C=O) groups excluding carboxylic acids is 3. The number of aromatic nitrogens is 1. The number of halogens is 1. The fourth-order valence-electron chi connectivity index (χ4n) is 5.34. The van der Waals surface area contributed by atoms with Crippen LogP contribution in [-0.4, -0.2) is 72.5 Å². The van der Waals surface area contributed by atoms with Crippen LogP contribution in [0, 0.1) is 0 Å². The minimum absolute atomic E-state index is 0.0521. The Hall–Kier alpha value is -2.65. The average Bonchev–Trinajstić information content (AvgIpc) is 3.62. The van der Waals surface area contributed by atoms with Gasteiger partial charge in [0.2, 0.25) is 11.8 Å². The van der Waals surface area contributed by atoms with Crippen molar-refractivity contribution in [1.29, 1.82) is 0 Å². The van der Waals surface area contributed by atoms with Crippen molar-refractivity contribution in [1.82, 2.24) is 14.8 Å². The quantitative estimate of drug-likeness (QED) is 0.641. The number of carbonyl (C=O) groups is 3. The van der Waals surface area contributed by atoms with Gasteiger partial charge in [0.15, 0.2) is 0 Å². The number of hydrogen-bond donors (Lipinski definition) is 0. The monoisotopic (exact) mass is 502 g/mol. The zero-order valence-corrected chi connectivity index (χ0v) is 20.7. The van der Waals surface area contributed by atoms with Gasteiger partial charge in [0.25, 0.3) is 0 Å². The van der Waals surface area contributed by atoms with Gasteiger partial charge in [-0.2, -0.15) is 0 Å². The molecule has 3 amide bonds. The lowest BCUT2D eigenvalue weighted by atomic mass is 9.81. The summed E-state index contributed by atoms with van der Waals surface area (Å²) in [5.41, 5.74) is 2.19. The molecule has 3 aliphatic heterocycles. The summed E-state index contributed by atoms with van der Waals surface area (Å²) in [6.07, 6.45) is 2.94. The van der Waals surface area contributed by atoms with Gasteiger partial charge in [-0.3, -0.25) is 9.59 Å². The highest BCUT2D eigenvalue weighted by Crippen LogP contribution is 2.47. The van der Waals surface area contributed by atoms with Crippen molar-refractivity contribution in [3.63, 3.8) is 0 Å². The number of anilines is 1. The van der Waals surface area contributed by atoms with Crippen molar-refractivity contribution in [3.05, 3.63) is 44.9 Å². The Bertz CT molecular complexity index is 1130. The average molecular weight is 503 g/mol. The molecule has 0 N–H and O–H groups in total. The van der Waals surface area contributed by atoms with E-state index in [1.165, 1.54) is 18.4 Å². The van der Waals surface area contributed by atoms with Gasteiger partial charge in [-0.05, 0) is 43.0 Å². The molecule has 1 unspecified atom stereocenters. The van der Waals surface area contributed by atoms with E-state index in [1.807, 2.05) is 22.4 Å². The third kappa shape index (κ3) is 4.27. The van der Waals surface area contributed by atoms with Crippen LogP contribution in [0.25, 0.3) is 0 Å². The topological polar surface area (TPSA) is 83.0 Å². The highest BCUT2D eigenvalue weighted by molar-refractivity contribution is 7.09. The van der Waals surface area contributed by atoms with Gasteiger partial charge in [0.1, 0.15) is 5.01 Å². The summed E-state index contributed by atoms with van der Waals surface area (Å²) in [7, 11) is 1.38. The number of rotatable bonds is 4. The van der Waals surface area contributed by atoms with Gasteiger partial charge in [0.05, 0.1) is 25.6 Å². The number of thiazole rings is 1. The van der Waals surface area contributed by atoms with Gasteiger partial charge in [-0.15, -0.1) is 11.3 Å². The first kappa shape index (κ1) is 23.1. The minimum Gasteiger partial charge on any atom is -0.453 e. The molecule has 2 saturated heterocycles. The molecule has 2 aromatic rings. The first-order chi connectivity index (χ1) is 16.4. The number of benzene rings is 1. The van der Waals surface area contributed by atoms with Crippen LogP contribution >= 0.6 is 22.9 Å². The van der Waals surface area contributed by atoms with Crippen LogP contribution in [0.3, 0.4) is 0 Å². The second-order valence-electron chi connectivity index (χ2n) is 9.24. The number of likely N-dealkylation sites (tertiary alicyclic amines) is 2. The maximum atomic E-state index is 13.4. The van der Waals surface area contributed by atoms with E-state index in [1.54, 1.807) is 15.9 Å². The van der Waals surface area contributed by atoms with Gasteiger partial charge in [0, 0.05) is 54.2 Å². The van der Waals surface area contributed by atoms with E-state index >= 15 is 0 Å². The largest absolute Gasteiger partial charge is 0.453 e. The van der Waals surface area contributed by atoms with Crippen molar-refractivity contribution in [2.45, 2.75) is 37.5 Å². The summed E-state index contributed by atoms with van der Waals surface area (Å²) in [4.78, 5) is 47.9. The van der Waals surface area contributed by atoms with Crippen molar-refractivity contribution < 1.29 is 19.1 Å². The molecule has 0 bridgehead atoms. The fourth-order valence-corrected chi connectivity index (χ4v) is 6.30. The molecule has 4 heterocycles. The summed E-state index contributed by atoms with van der Waals surface area (Å²) < 4.78 is 4.91. The van der Waals surface area contributed by atoms with Crippen molar-refractivity contribution in [2.24, 2.45) is 0 Å². The Morgan fingerprint density at radius 2 is 1.88 bits per heavy atom. The van der Waals surface area contributed by atoms with Crippen LogP contribution in [-0.2, 0) is 32.6 Å². The molecule has 3 aliphatic rings. The second kappa shape index (κ2) is 9.19. The lowest BCUT2D eigenvalue weighted by molar-refractivity contribution is -0.129. The Morgan fingerprint density at radius 1 is 1.09 bits per heavy atom. The Labute approximate surface area is 207 Å². The Morgan fingerprint density at radius 3 is 2.65 bits per heavy atom. The van der Waals surface area contributed by atoms with Gasteiger partial charge < -0.3 is 19.4 Å². The molecule has 10 heteroatoms. The molecule has 5 rings (SSSR count). The number of nitrogens with zero attached hydrogens (tertiary/aromatic N) is 4. The molecule has 1 atom stereocenters. The number of methoxy groups -OCH3 is 1. The first-order valence-electron chi connectivity index (χ1n) is 11.5. The number of hydrogen-bond acceptors (Lipinski definition) is 6. The highest BCUT2D eigenvalue weighted by atomic mass is 35.5. The van der Waals surface area contributed by atoms with Crippen LogP contribution in [0.2, 0.25) is 5.02 Å². The maximum Gasteiger partial charge on any atom is 0.409 e. The molecule has 0 aliphatic carbocycles. The molecule has 1 spiro atoms. The predicted octanol–water partition coefficient (Wildman–Crippen LogP) is 3.26. The van der Waals surface area contributed by atoms with Crippen molar-refractivity contribution >= 4 is 46.5 Å². The van der Waals surface area contributed by atoms with E-state index in [9.17, 15) is 14.4 Å². The van der Waals surface area contributed by atoms with Crippen molar-refractivity contribution in [3.8, 4) is 0 Å². The standard InChI is InChI=1S/C24H27ClN4O4S/c1-33-23(32)28-9-6-24(14-28)15-29(19-5-4-16(25)10-18(19)24)22(31)12-20-26-17(13-34-20)11-21(30)27-7-2-3-8-27/h4-5,10,13H,2-3,6-9,11-12,14-15H2,1H3. The van der Waals surface area contributed by atoms with E-state index in [0.717, 1.165) is 49.3 Å². The lowest BCUT2D eigenvalue weighted by Gasteiger charge is -2.25. The molecule has 0 saturated carbocycles. The third-order valence-corrected chi connectivity index (χ3v) is 8.19. The SMILES string of the molecule is COC(=O)N1CCC2(C1)CN(C(=O)Cc1nc(CC(=O)N3CCCC3)cs1)c1ccc(Cl)cc12. The Kier molecular flexibility index (Phi) is 6.24. The summed E-state index contributed by atoms with van der Waals surface area (Å²) in [6, 6.07) is 5.59. The molecule has 8 nitrogen and oxygen atoms in total. The van der Waals surface area contributed by atoms with E-state index in [4.69, 9.17) is 16.3 Å². The summed E-state index contributed by atoms with van der Waals surface area (Å²) in [5, 5.41) is 3.19. The van der Waals surface area contributed by atoms with E-state index in [2.05, 4.69) is 4.98 Å². The van der Waals surface area contributed by atoms with Gasteiger partial charge in [-0.1, -0.05) is 11.6 Å². The zero-order valence-electron chi connectivity index (χ0n) is 19.1. The van der Waals surface area contributed by atoms with E-state index in [0.29, 0.717) is 29.7 Å². The van der Waals surface area contributed by atoms with Gasteiger partial charge >= 0.3 is 6.09 Å². The van der Waals surface area contributed by atoms with Crippen LogP contribution in [0.4, 0.5) is 10.5 Å². The summed E-state index contributed by atoms with van der Waals surface area (Å²) in [5.74, 6) is 0.0492. The van der Waals surface area contributed by atoms with Crippen LogP contribution < -0.4 is 4.90 Å². The number of ether oxygens (including phenoxy) is 1. The second-order valence-corrected chi connectivity index (χ2v) is 10.6. The number of amides is 3. The Balaban J connectivity index is 1.31. The molecule has 34 heavy (non-hydrogen) atoms. The molecule has 1 aromatic carbocycles. The molecule has 1 aromatic heterocycles. The van der Waals surface area contributed by atoms with E-state index < -0.39 is 0 Å². The molecular weight excluding hydrogens is 476 g/mol.